The third-order valence-electron chi connectivity index (χ3n) is 3.21. The fourth-order valence-corrected chi connectivity index (χ4v) is 3.60. The number of piperazine rings is 1. The minimum absolute atomic E-state index is 0.0581. The van der Waals surface area contributed by atoms with Gasteiger partial charge in [0.05, 0.1) is 12.5 Å². The minimum Gasteiger partial charge on any atom is -0.481 e. The molecular weight excluding hydrogens is 270 g/mol. The smallest absolute Gasteiger partial charge is 0.304 e. The Hall–Kier alpha value is -1.17. The Bertz CT molecular complexity index is 449. The second-order valence-corrected chi connectivity index (χ2v) is 6.57. The van der Waals surface area contributed by atoms with Gasteiger partial charge in [-0.2, -0.15) is 9.57 Å². The Morgan fingerprint density at radius 2 is 1.95 bits per heavy atom. The Morgan fingerprint density at radius 1 is 1.37 bits per heavy atom. The van der Waals surface area contributed by atoms with E-state index in [1.165, 1.54) is 4.31 Å². The second kappa shape index (κ2) is 6.84. The molecule has 8 heteroatoms. The first-order valence-electron chi connectivity index (χ1n) is 6.24. The predicted molar refractivity (Wildman–Crippen MR) is 68.9 cm³/mol. The topological polar surface area (TPSA) is 102 Å². The normalized spacial score (nSPS) is 19.8. The van der Waals surface area contributed by atoms with E-state index in [4.69, 9.17) is 10.4 Å². The van der Waals surface area contributed by atoms with Crippen LogP contribution < -0.4 is 0 Å². The second-order valence-electron chi connectivity index (χ2n) is 4.46. The lowest BCUT2D eigenvalue weighted by Gasteiger charge is -2.34. The number of nitrogens with zero attached hydrogens (tertiary/aromatic N) is 3. The van der Waals surface area contributed by atoms with Crippen molar-refractivity contribution in [1.82, 2.24) is 9.21 Å². The molecule has 1 N–H and O–H groups in total. The predicted octanol–water partition coefficient (Wildman–Crippen LogP) is -0.289. The molecule has 108 valence electrons. The molecule has 0 aromatic carbocycles. The summed E-state index contributed by atoms with van der Waals surface area (Å²) in [4.78, 5) is 12.4. The first kappa shape index (κ1) is 15.9. The molecule has 0 amide bonds. The molecular formula is C11H19N3O4S. The average Bonchev–Trinajstić information content (AvgIpc) is 2.38. The lowest BCUT2D eigenvalue weighted by molar-refractivity contribution is -0.137. The third-order valence-corrected chi connectivity index (χ3v) is 5.45. The van der Waals surface area contributed by atoms with Crippen LogP contribution in [0.5, 0.6) is 0 Å². The van der Waals surface area contributed by atoms with Crippen LogP contribution in [0.25, 0.3) is 0 Å². The van der Waals surface area contributed by atoms with Crippen LogP contribution in [0.15, 0.2) is 0 Å². The Labute approximate surface area is 113 Å². The summed E-state index contributed by atoms with van der Waals surface area (Å²) < 4.78 is 25.6. The monoisotopic (exact) mass is 289 g/mol. The van der Waals surface area contributed by atoms with Crippen molar-refractivity contribution >= 4 is 16.0 Å². The van der Waals surface area contributed by atoms with Gasteiger partial charge in [-0.3, -0.25) is 4.79 Å². The van der Waals surface area contributed by atoms with Crippen molar-refractivity contribution in [3.63, 3.8) is 0 Å². The van der Waals surface area contributed by atoms with E-state index in [9.17, 15) is 13.2 Å². The SMILES string of the molecule is CCC(C#N)S(=O)(=O)N1CCN(CCC(=O)O)CC1. The van der Waals surface area contributed by atoms with Crippen LogP contribution >= 0.6 is 0 Å². The van der Waals surface area contributed by atoms with Gasteiger partial charge in [0.2, 0.25) is 10.0 Å². The summed E-state index contributed by atoms with van der Waals surface area (Å²) in [7, 11) is -3.55. The summed E-state index contributed by atoms with van der Waals surface area (Å²) in [5.41, 5.74) is 0. The molecule has 0 radical (unpaired) electrons. The molecule has 0 aliphatic carbocycles. The van der Waals surface area contributed by atoms with Crippen LogP contribution in [0.3, 0.4) is 0 Å². The van der Waals surface area contributed by atoms with Crippen molar-refractivity contribution in [2.45, 2.75) is 25.0 Å². The summed E-state index contributed by atoms with van der Waals surface area (Å²) in [6.07, 6.45) is 0.334. The van der Waals surface area contributed by atoms with Crippen molar-refractivity contribution in [1.29, 1.82) is 5.26 Å². The average molecular weight is 289 g/mol. The van der Waals surface area contributed by atoms with Crippen molar-refractivity contribution in [3.05, 3.63) is 0 Å². The van der Waals surface area contributed by atoms with Gasteiger partial charge in [-0.25, -0.2) is 8.42 Å². The van der Waals surface area contributed by atoms with E-state index >= 15 is 0 Å². The van der Waals surface area contributed by atoms with Crippen LogP contribution in [0.1, 0.15) is 19.8 Å². The molecule has 1 unspecified atom stereocenters. The third kappa shape index (κ3) is 4.16. The van der Waals surface area contributed by atoms with E-state index in [2.05, 4.69) is 0 Å². The van der Waals surface area contributed by atoms with Crippen LogP contribution in [0, 0.1) is 11.3 Å². The van der Waals surface area contributed by atoms with Crippen LogP contribution in [-0.2, 0) is 14.8 Å². The summed E-state index contributed by atoms with van der Waals surface area (Å²) in [5.74, 6) is -0.856. The summed E-state index contributed by atoms with van der Waals surface area (Å²) >= 11 is 0. The number of aliphatic carboxylic acids is 1. The van der Waals surface area contributed by atoms with Gasteiger partial charge in [0, 0.05) is 32.7 Å². The highest BCUT2D eigenvalue weighted by Gasteiger charge is 2.33. The fraction of sp³-hybridized carbons (Fsp3) is 0.818. The van der Waals surface area contributed by atoms with E-state index in [-0.39, 0.29) is 12.8 Å². The highest BCUT2D eigenvalue weighted by atomic mass is 32.2. The summed E-state index contributed by atoms with van der Waals surface area (Å²) in [6.45, 7) is 3.76. The van der Waals surface area contributed by atoms with Gasteiger partial charge in [-0.05, 0) is 6.42 Å². The van der Waals surface area contributed by atoms with Crippen molar-refractivity contribution in [2.75, 3.05) is 32.7 Å². The Morgan fingerprint density at radius 3 is 2.37 bits per heavy atom. The van der Waals surface area contributed by atoms with Crippen LogP contribution in [0.4, 0.5) is 0 Å². The van der Waals surface area contributed by atoms with E-state index in [1.54, 1.807) is 6.92 Å². The highest BCUT2D eigenvalue weighted by Crippen LogP contribution is 2.14. The molecule has 0 spiro atoms. The van der Waals surface area contributed by atoms with E-state index in [0.717, 1.165) is 0 Å². The molecule has 0 saturated carbocycles. The molecule has 1 aliphatic rings. The first-order valence-corrected chi connectivity index (χ1v) is 7.74. The number of hydrogen-bond donors (Lipinski definition) is 1. The minimum atomic E-state index is -3.55. The quantitative estimate of drug-likeness (QED) is 0.721. The molecule has 1 fully saturated rings. The van der Waals surface area contributed by atoms with Gasteiger partial charge in [0.25, 0.3) is 0 Å². The molecule has 1 aliphatic heterocycles. The Balaban J connectivity index is 2.54. The van der Waals surface area contributed by atoms with Gasteiger partial charge in [0.15, 0.2) is 5.25 Å². The Kier molecular flexibility index (Phi) is 5.72. The van der Waals surface area contributed by atoms with E-state index in [0.29, 0.717) is 32.7 Å². The number of nitriles is 1. The summed E-state index contributed by atoms with van der Waals surface area (Å²) in [5, 5.41) is 16.5. The molecule has 19 heavy (non-hydrogen) atoms. The zero-order valence-electron chi connectivity index (χ0n) is 10.9. The van der Waals surface area contributed by atoms with Gasteiger partial charge in [-0.15, -0.1) is 0 Å². The number of hydrogen-bond acceptors (Lipinski definition) is 5. The van der Waals surface area contributed by atoms with Crippen LogP contribution in [0.2, 0.25) is 0 Å². The van der Waals surface area contributed by atoms with Crippen LogP contribution in [-0.4, -0.2) is 66.7 Å². The summed E-state index contributed by atoms with van der Waals surface area (Å²) in [6, 6.07) is 1.82. The molecule has 1 saturated heterocycles. The van der Waals surface area contributed by atoms with Crippen molar-refractivity contribution in [3.8, 4) is 6.07 Å². The van der Waals surface area contributed by atoms with Crippen molar-refractivity contribution < 1.29 is 18.3 Å². The standard InChI is InChI=1S/C11H19N3O4S/c1-2-10(9-12)19(17,18)14-7-5-13(6-8-14)4-3-11(15)16/h10H,2-8H2,1H3,(H,15,16). The highest BCUT2D eigenvalue weighted by molar-refractivity contribution is 7.90. The molecule has 1 rings (SSSR count). The lowest BCUT2D eigenvalue weighted by Crippen LogP contribution is -2.51. The zero-order chi connectivity index (χ0) is 14.5. The molecule has 7 nitrogen and oxygen atoms in total. The van der Waals surface area contributed by atoms with Gasteiger partial charge in [0.1, 0.15) is 0 Å². The molecule has 1 atom stereocenters. The van der Waals surface area contributed by atoms with E-state index < -0.39 is 21.2 Å². The van der Waals surface area contributed by atoms with Gasteiger partial charge < -0.3 is 10.0 Å². The molecule has 0 aromatic heterocycles. The maximum atomic E-state index is 12.1. The molecule has 0 bridgehead atoms. The fourth-order valence-electron chi connectivity index (χ4n) is 2.01. The van der Waals surface area contributed by atoms with Gasteiger partial charge in [-0.1, -0.05) is 6.92 Å². The zero-order valence-corrected chi connectivity index (χ0v) is 11.8. The number of carboxylic acid groups (broad SMARTS) is 1. The van der Waals surface area contributed by atoms with Gasteiger partial charge >= 0.3 is 5.97 Å². The maximum Gasteiger partial charge on any atom is 0.304 e. The number of sulfonamides is 1. The number of rotatable bonds is 6. The van der Waals surface area contributed by atoms with E-state index in [1.807, 2.05) is 11.0 Å². The lowest BCUT2D eigenvalue weighted by atomic mass is 10.3. The molecule has 0 aromatic rings. The molecule has 1 heterocycles. The number of carboxylic acids is 1. The van der Waals surface area contributed by atoms with Crippen molar-refractivity contribution in [2.24, 2.45) is 0 Å². The first-order chi connectivity index (χ1) is 8.91. The maximum absolute atomic E-state index is 12.1. The largest absolute Gasteiger partial charge is 0.481 e. The number of carbonyl (C=O) groups is 1.